The number of amides is 1. The minimum Gasteiger partial charge on any atom is -0.322 e. The highest BCUT2D eigenvalue weighted by molar-refractivity contribution is 6.05. The summed E-state index contributed by atoms with van der Waals surface area (Å²) in [6.45, 7) is 6.40. The second-order valence-electron chi connectivity index (χ2n) is 6.88. The smallest absolute Gasteiger partial charge is 0.322 e. The lowest BCUT2D eigenvalue weighted by atomic mass is 10.1. The summed E-state index contributed by atoms with van der Waals surface area (Å²) < 4.78 is 55.8. The molecule has 9 heteroatoms. The maximum atomic E-state index is 14.1. The molecule has 3 rings (SSSR count). The van der Waals surface area contributed by atoms with E-state index < -0.39 is 34.8 Å². The predicted octanol–water partition coefficient (Wildman–Crippen LogP) is 5.12. The monoisotopic (exact) mass is 434 g/mol. The van der Waals surface area contributed by atoms with Crippen molar-refractivity contribution in [3.8, 4) is 5.69 Å². The molecule has 0 atom stereocenters. The molecule has 0 aliphatic carbocycles. The van der Waals surface area contributed by atoms with Gasteiger partial charge in [-0.15, -0.1) is 0 Å². The highest BCUT2D eigenvalue weighted by atomic mass is 19.4. The SMILES string of the molecule is CCN(CC)Cc1cccc(NC(=O)c2cnn(-c3ccccc3F)c2C(F)(F)F)c1. The zero-order valence-electron chi connectivity index (χ0n) is 17.1. The molecule has 0 unspecified atom stereocenters. The molecule has 0 saturated heterocycles. The highest BCUT2D eigenvalue weighted by Crippen LogP contribution is 2.34. The van der Waals surface area contributed by atoms with Crippen LogP contribution in [-0.4, -0.2) is 33.7 Å². The second kappa shape index (κ2) is 9.30. The van der Waals surface area contributed by atoms with Crippen LogP contribution in [0.25, 0.3) is 5.69 Å². The molecular weight excluding hydrogens is 412 g/mol. The Morgan fingerprint density at radius 2 is 1.81 bits per heavy atom. The van der Waals surface area contributed by atoms with Gasteiger partial charge in [-0.25, -0.2) is 9.07 Å². The Labute approximate surface area is 177 Å². The van der Waals surface area contributed by atoms with E-state index in [1.165, 1.54) is 12.1 Å². The van der Waals surface area contributed by atoms with Gasteiger partial charge in [-0.3, -0.25) is 9.69 Å². The molecule has 2 aromatic carbocycles. The van der Waals surface area contributed by atoms with E-state index in [4.69, 9.17) is 0 Å². The number of rotatable bonds is 7. The van der Waals surface area contributed by atoms with Crippen LogP contribution >= 0.6 is 0 Å². The molecular formula is C22H22F4N4O. The molecule has 1 N–H and O–H groups in total. The molecule has 1 heterocycles. The van der Waals surface area contributed by atoms with Gasteiger partial charge in [0.15, 0.2) is 5.69 Å². The van der Waals surface area contributed by atoms with Crippen LogP contribution in [0.1, 0.15) is 35.5 Å². The Morgan fingerprint density at radius 1 is 1.10 bits per heavy atom. The molecule has 0 aliphatic rings. The lowest BCUT2D eigenvalue weighted by Gasteiger charge is -2.18. The van der Waals surface area contributed by atoms with Crippen LogP contribution in [-0.2, 0) is 12.7 Å². The van der Waals surface area contributed by atoms with Crippen molar-refractivity contribution < 1.29 is 22.4 Å². The maximum absolute atomic E-state index is 14.1. The van der Waals surface area contributed by atoms with Gasteiger partial charge in [0.25, 0.3) is 5.91 Å². The average molecular weight is 434 g/mol. The quantitative estimate of drug-likeness (QED) is 0.525. The summed E-state index contributed by atoms with van der Waals surface area (Å²) in [4.78, 5) is 14.9. The van der Waals surface area contributed by atoms with E-state index in [1.54, 1.807) is 18.2 Å². The fourth-order valence-electron chi connectivity index (χ4n) is 3.24. The molecule has 0 bridgehead atoms. The molecule has 3 aromatic rings. The summed E-state index contributed by atoms with van der Waals surface area (Å²) in [5, 5.41) is 6.14. The van der Waals surface area contributed by atoms with Crippen LogP contribution in [0.4, 0.5) is 23.2 Å². The van der Waals surface area contributed by atoms with E-state index in [2.05, 4.69) is 15.3 Å². The summed E-state index contributed by atoms with van der Waals surface area (Å²) >= 11 is 0. The summed E-state index contributed by atoms with van der Waals surface area (Å²) in [5.41, 5.74) is -1.14. The lowest BCUT2D eigenvalue weighted by Crippen LogP contribution is -2.22. The summed E-state index contributed by atoms with van der Waals surface area (Å²) in [6.07, 6.45) is -4.12. The van der Waals surface area contributed by atoms with Gasteiger partial charge in [-0.2, -0.15) is 18.3 Å². The van der Waals surface area contributed by atoms with Crippen LogP contribution in [0.3, 0.4) is 0 Å². The van der Waals surface area contributed by atoms with Gasteiger partial charge in [0.05, 0.1) is 11.8 Å². The number of anilines is 1. The summed E-state index contributed by atoms with van der Waals surface area (Å²) in [5.74, 6) is -1.86. The van der Waals surface area contributed by atoms with Gasteiger partial charge >= 0.3 is 6.18 Å². The topological polar surface area (TPSA) is 50.2 Å². The first kappa shape index (κ1) is 22.5. The Balaban J connectivity index is 1.92. The van der Waals surface area contributed by atoms with Gasteiger partial charge in [0, 0.05) is 12.2 Å². The van der Waals surface area contributed by atoms with Gasteiger partial charge in [-0.1, -0.05) is 38.1 Å². The van der Waals surface area contributed by atoms with Crippen molar-refractivity contribution in [1.29, 1.82) is 0 Å². The number of benzene rings is 2. The standard InChI is InChI=1S/C22H22F4N4O/c1-3-29(4-2)14-15-8-7-9-16(12-15)28-21(31)17-13-27-30(20(17)22(24,25)26)19-11-6-5-10-18(19)23/h5-13H,3-4,14H2,1-2H3,(H,28,31). The third-order valence-corrected chi connectivity index (χ3v) is 4.85. The molecule has 0 fully saturated rings. The zero-order chi connectivity index (χ0) is 22.6. The van der Waals surface area contributed by atoms with Crippen LogP contribution in [0.5, 0.6) is 0 Å². The summed E-state index contributed by atoms with van der Waals surface area (Å²) in [7, 11) is 0. The van der Waals surface area contributed by atoms with Crippen molar-refractivity contribution >= 4 is 11.6 Å². The van der Waals surface area contributed by atoms with Gasteiger partial charge < -0.3 is 5.32 Å². The van der Waals surface area contributed by atoms with Crippen molar-refractivity contribution in [2.24, 2.45) is 0 Å². The summed E-state index contributed by atoms with van der Waals surface area (Å²) in [6, 6.07) is 11.8. The fourth-order valence-corrected chi connectivity index (χ4v) is 3.24. The van der Waals surface area contributed by atoms with Gasteiger partial charge in [0.2, 0.25) is 0 Å². The van der Waals surface area contributed by atoms with Gasteiger partial charge in [0.1, 0.15) is 11.5 Å². The number of hydrogen-bond donors (Lipinski definition) is 1. The molecule has 164 valence electrons. The van der Waals surface area contributed by atoms with E-state index in [9.17, 15) is 22.4 Å². The van der Waals surface area contributed by atoms with E-state index in [-0.39, 0.29) is 0 Å². The van der Waals surface area contributed by atoms with Crippen LogP contribution < -0.4 is 5.32 Å². The number of nitrogens with zero attached hydrogens (tertiary/aromatic N) is 3. The van der Waals surface area contributed by atoms with E-state index in [0.29, 0.717) is 16.9 Å². The average Bonchev–Trinajstić information content (AvgIpc) is 3.18. The Bertz CT molecular complexity index is 1060. The van der Waals surface area contributed by atoms with Crippen molar-refractivity contribution in [3.63, 3.8) is 0 Å². The van der Waals surface area contributed by atoms with Crippen LogP contribution in [0, 0.1) is 5.82 Å². The number of aromatic nitrogens is 2. The zero-order valence-corrected chi connectivity index (χ0v) is 17.1. The second-order valence-corrected chi connectivity index (χ2v) is 6.88. The molecule has 0 spiro atoms. The maximum Gasteiger partial charge on any atom is 0.434 e. The lowest BCUT2D eigenvalue weighted by molar-refractivity contribution is -0.143. The molecule has 0 radical (unpaired) electrons. The number of nitrogens with one attached hydrogen (secondary N) is 1. The first-order valence-corrected chi connectivity index (χ1v) is 9.77. The van der Waals surface area contributed by atoms with E-state index in [1.807, 2.05) is 19.9 Å². The molecule has 0 aliphatic heterocycles. The van der Waals surface area contributed by atoms with Crippen molar-refractivity contribution in [1.82, 2.24) is 14.7 Å². The molecule has 5 nitrogen and oxygen atoms in total. The van der Waals surface area contributed by atoms with Gasteiger partial charge in [-0.05, 0) is 42.9 Å². The van der Waals surface area contributed by atoms with Crippen molar-refractivity contribution in [2.45, 2.75) is 26.6 Å². The predicted molar refractivity (Wildman–Crippen MR) is 110 cm³/mol. The third-order valence-electron chi connectivity index (χ3n) is 4.85. The first-order chi connectivity index (χ1) is 14.7. The minimum atomic E-state index is -4.92. The Kier molecular flexibility index (Phi) is 6.74. The van der Waals surface area contributed by atoms with Crippen LogP contribution in [0.2, 0.25) is 0 Å². The largest absolute Gasteiger partial charge is 0.434 e. The number of halogens is 4. The minimum absolute atomic E-state index is 0.362. The Hall–Kier alpha value is -3.20. The fraction of sp³-hybridized carbons (Fsp3) is 0.273. The Morgan fingerprint density at radius 3 is 2.45 bits per heavy atom. The third kappa shape index (κ3) is 5.11. The normalized spacial score (nSPS) is 11.7. The number of hydrogen-bond acceptors (Lipinski definition) is 3. The van der Waals surface area contributed by atoms with E-state index >= 15 is 0 Å². The number of alkyl halides is 3. The van der Waals surface area contributed by atoms with E-state index in [0.717, 1.165) is 37.0 Å². The number of carbonyl (C=O) groups is 1. The number of carbonyl (C=O) groups excluding carboxylic acids is 1. The molecule has 31 heavy (non-hydrogen) atoms. The van der Waals surface area contributed by atoms with Crippen molar-refractivity contribution in [2.75, 3.05) is 18.4 Å². The number of para-hydroxylation sites is 1. The highest BCUT2D eigenvalue weighted by Gasteiger charge is 2.41. The molecule has 1 amide bonds. The molecule has 1 aromatic heterocycles. The molecule has 0 saturated carbocycles. The van der Waals surface area contributed by atoms with Crippen LogP contribution in [0.15, 0.2) is 54.7 Å². The first-order valence-electron chi connectivity index (χ1n) is 9.77. The van der Waals surface area contributed by atoms with Crippen molar-refractivity contribution in [3.05, 3.63) is 77.4 Å².